The van der Waals surface area contributed by atoms with Crippen LogP contribution in [0.25, 0.3) is 33.0 Å². The second-order valence-electron chi connectivity index (χ2n) is 5.76. The number of rotatable bonds is 2. The highest BCUT2D eigenvalue weighted by Crippen LogP contribution is 2.34. The van der Waals surface area contributed by atoms with Crippen LogP contribution in [0, 0.1) is 0 Å². The maximum absolute atomic E-state index is 6.05. The second-order valence-corrected chi connectivity index (χ2v) is 6.63. The predicted molar refractivity (Wildman–Crippen MR) is 105 cm³/mol. The Morgan fingerprint density at radius 2 is 1.08 bits per heavy atom. The van der Waals surface area contributed by atoms with Crippen molar-refractivity contribution < 1.29 is 0 Å². The molecule has 0 spiro atoms. The number of hydrogen-bond acceptors (Lipinski definition) is 0. The van der Waals surface area contributed by atoms with E-state index in [1.165, 1.54) is 21.9 Å². The summed E-state index contributed by atoms with van der Waals surface area (Å²) in [6.45, 7) is 0. The first-order chi connectivity index (χ1) is 11.7. The van der Waals surface area contributed by atoms with Crippen LogP contribution in [0.2, 0.25) is 10.0 Å². The molecule has 0 heterocycles. The second kappa shape index (κ2) is 6.32. The van der Waals surface area contributed by atoms with Crippen LogP contribution in [-0.2, 0) is 0 Å². The fourth-order valence-electron chi connectivity index (χ4n) is 2.99. The highest BCUT2D eigenvalue weighted by atomic mass is 35.5. The van der Waals surface area contributed by atoms with Crippen molar-refractivity contribution in [2.75, 3.05) is 0 Å². The van der Waals surface area contributed by atoms with Crippen molar-refractivity contribution in [2.24, 2.45) is 0 Å². The molecule has 116 valence electrons. The molecule has 0 fully saturated rings. The summed E-state index contributed by atoms with van der Waals surface area (Å²) in [6, 6.07) is 28.8. The third-order valence-corrected chi connectivity index (χ3v) is 4.70. The Balaban J connectivity index is 1.97. The monoisotopic (exact) mass is 348 g/mol. The number of benzene rings is 4. The van der Waals surface area contributed by atoms with Gasteiger partial charge in [-0.05, 0) is 69.4 Å². The number of fused-ring (bicyclic) bond motifs is 1. The van der Waals surface area contributed by atoms with Crippen LogP contribution >= 0.6 is 23.2 Å². The Kier molecular flexibility index (Phi) is 4.02. The summed E-state index contributed by atoms with van der Waals surface area (Å²) >= 11 is 12.1. The molecule has 0 saturated carbocycles. The number of halogens is 2. The Morgan fingerprint density at radius 1 is 0.500 bits per heavy atom. The molecule has 0 amide bonds. The van der Waals surface area contributed by atoms with Crippen molar-refractivity contribution in [1.29, 1.82) is 0 Å². The van der Waals surface area contributed by atoms with Gasteiger partial charge in [0.1, 0.15) is 0 Å². The van der Waals surface area contributed by atoms with E-state index >= 15 is 0 Å². The molecule has 0 aliphatic heterocycles. The zero-order chi connectivity index (χ0) is 16.5. The average Bonchev–Trinajstić information content (AvgIpc) is 2.62. The topological polar surface area (TPSA) is 0 Å². The Bertz CT molecular complexity index is 1000. The summed E-state index contributed by atoms with van der Waals surface area (Å²) in [7, 11) is 0. The zero-order valence-corrected chi connectivity index (χ0v) is 14.4. The molecule has 4 rings (SSSR count). The summed E-state index contributed by atoms with van der Waals surface area (Å²) in [6.07, 6.45) is 0. The molecule has 0 bridgehead atoms. The van der Waals surface area contributed by atoms with E-state index in [0.29, 0.717) is 0 Å². The van der Waals surface area contributed by atoms with Gasteiger partial charge < -0.3 is 0 Å². The Hall–Kier alpha value is -2.28. The third-order valence-electron chi connectivity index (χ3n) is 4.19. The first-order valence-electron chi connectivity index (χ1n) is 7.75. The molecule has 0 aliphatic rings. The van der Waals surface area contributed by atoms with Crippen LogP contribution < -0.4 is 0 Å². The van der Waals surface area contributed by atoms with Gasteiger partial charge in [0.2, 0.25) is 0 Å². The predicted octanol–water partition coefficient (Wildman–Crippen LogP) is 7.48. The standard InChI is InChI=1S/C22H14Cl2/c23-19-9-5-15(6-10-19)18-13-17-3-1-2-4-21(17)22(14-18)16-7-11-20(24)12-8-16/h1-14H. The van der Waals surface area contributed by atoms with E-state index < -0.39 is 0 Å². The van der Waals surface area contributed by atoms with Gasteiger partial charge in [0, 0.05) is 10.0 Å². The third kappa shape index (κ3) is 2.91. The van der Waals surface area contributed by atoms with Crippen molar-refractivity contribution in [2.45, 2.75) is 0 Å². The fraction of sp³-hybridized carbons (Fsp3) is 0. The fourth-order valence-corrected chi connectivity index (χ4v) is 3.24. The van der Waals surface area contributed by atoms with Crippen LogP contribution in [0.1, 0.15) is 0 Å². The summed E-state index contributed by atoms with van der Waals surface area (Å²) < 4.78 is 0. The van der Waals surface area contributed by atoms with E-state index in [1.54, 1.807) is 0 Å². The molecule has 4 aromatic rings. The lowest BCUT2D eigenvalue weighted by Crippen LogP contribution is -1.85. The quantitative estimate of drug-likeness (QED) is 0.352. The van der Waals surface area contributed by atoms with E-state index in [-0.39, 0.29) is 0 Å². The largest absolute Gasteiger partial charge is 0.0843 e. The molecular formula is C22H14Cl2. The lowest BCUT2D eigenvalue weighted by atomic mass is 9.93. The maximum Gasteiger partial charge on any atom is 0.0406 e. The molecule has 0 nitrogen and oxygen atoms in total. The van der Waals surface area contributed by atoms with E-state index in [2.05, 4.69) is 60.7 Å². The first kappa shape index (κ1) is 15.3. The van der Waals surface area contributed by atoms with Gasteiger partial charge in [-0.2, -0.15) is 0 Å². The van der Waals surface area contributed by atoms with Gasteiger partial charge in [-0.1, -0.05) is 71.7 Å². The molecule has 0 atom stereocenters. The van der Waals surface area contributed by atoms with Crippen LogP contribution in [-0.4, -0.2) is 0 Å². The molecule has 4 aromatic carbocycles. The summed E-state index contributed by atoms with van der Waals surface area (Å²) in [4.78, 5) is 0. The van der Waals surface area contributed by atoms with E-state index in [1.807, 2.05) is 24.3 Å². The molecule has 0 aromatic heterocycles. The Morgan fingerprint density at radius 3 is 1.75 bits per heavy atom. The van der Waals surface area contributed by atoms with Gasteiger partial charge in [-0.15, -0.1) is 0 Å². The van der Waals surface area contributed by atoms with Gasteiger partial charge in [0.05, 0.1) is 0 Å². The molecule has 0 unspecified atom stereocenters. The van der Waals surface area contributed by atoms with E-state index in [4.69, 9.17) is 23.2 Å². The van der Waals surface area contributed by atoms with E-state index in [0.717, 1.165) is 21.2 Å². The van der Waals surface area contributed by atoms with Crippen molar-refractivity contribution in [3.63, 3.8) is 0 Å². The average molecular weight is 349 g/mol. The van der Waals surface area contributed by atoms with Crippen molar-refractivity contribution in [1.82, 2.24) is 0 Å². The molecule has 24 heavy (non-hydrogen) atoms. The number of hydrogen-bond donors (Lipinski definition) is 0. The maximum atomic E-state index is 6.05. The van der Waals surface area contributed by atoms with Crippen molar-refractivity contribution in [3.05, 3.63) is 95.0 Å². The SMILES string of the molecule is Clc1ccc(-c2cc(-c3ccc(Cl)cc3)c3ccccc3c2)cc1. The van der Waals surface area contributed by atoms with Gasteiger partial charge in [-0.25, -0.2) is 0 Å². The van der Waals surface area contributed by atoms with Crippen molar-refractivity contribution >= 4 is 34.0 Å². The molecule has 2 heteroatoms. The van der Waals surface area contributed by atoms with Crippen LogP contribution in [0.4, 0.5) is 0 Å². The molecule has 0 radical (unpaired) electrons. The van der Waals surface area contributed by atoms with Gasteiger partial charge in [-0.3, -0.25) is 0 Å². The minimum Gasteiger partial charge on any atom is -0.0843 e. The molecule has 0 aliphatic carbocycles. The van der Waals surface area contributed by atoms with E-state index in [9.17, 15) is 0 Å². The van der Waals surface area contributed by atoms with Gasteiger partial charge in [0.15, 0.2) is 0 Å². The molecule has 0 saturated heterocycles. The van der Waals surface area contributed by atoms with Crippen LogP contribution in [0.5, 0.6) is 0 Å². The molecule has 0 N–H and O–H groups in total. The summed E-state index contributed by atoms with van der Waals surface area (Å²) in [5, 5.41) is 3.95. The zero-order valence-electron chi connectivity index (χ0n) is 12.8. The smallest absolute Gasteiger partial charge is 0.0406 e. The minimum absolute atomic E-state index is 0.747. The van der Waals surface area contributed by atoms with Gasteiger partial charge >= 0.3 is 0 Å². The molecular weight excluding hydrogens is 335 g/mol. The normalized spacial score (nSPS) is 10.9. The first-order valence-corrected chi connectivity index (χ1v) is 8.51. The summed E-state index contributed by atoms with van der Waals surface area (Å²) in [5.74, 6) is 0. The lowest BCUT2D eigenvalue weighted by molar-refractivity contribution is 1.61. The van der Waals surface area contributed by atoms with Crippen molar-refractivity contribution in [3.8, 4) is 22.3 Å². The highest BCUT2D eigenvalue weighted by Gasteiger charge is 2.08. The minimum atomic E-state index is 0.747. The lowest BCUT2D eigenvalue weighted by Gasteiger charge is -2.11. The summed E-state index contributed by atoms with van der Waals surface area (Å²) in [5.41, 5.74) is 4.69. The van der Waals surface area contributed by atoms with Gasteiger partial charge in [0.25, 0.3) is 0 Å². The van der Waals surface area contributed by atoms with Crippen LogP contribution in [0.3, 0.4) is 0 Å². The Labute approximate surface area is 151 Å². The highest BCUT2D eigenvalue weighted by molar-refractivity contribution is 6.31. The van der Waals surface area contributed by atoms with Crippen LogP contribution in [0.15, 0.2) is 84.9 Å².